The van der Waals surface area contributed by atoms with Gasteiger partial charge in [0.05, 0.1) is 4.47 Å². The molecule has 0 saturated heterocycles. The molecule has 0 saturated carbocycles. The minimum atomic E-state index is -0.369. The van der Waals surface area contributed by atoms with Crippen LogP contribution in [0.3, 0.4) is 0 Å². The van der Waals surface area contributed by atoms with Gasteiger partial charge >= 0.3 is 0 Å². The number of amidine groups is 1. The van der Waals surface area contributed by atoms with Gasteiger partial charge in [-0.3, -0.25) is 4.98 Å². The number of hydrogen-bond acceptors (Lipinski definition) is 4. The van der Waals surface area contributed by atoms with Gasteiger partial charge in [-0.05, 0) is 40.2 Å². The van der Waals surface area contributed by atoms with Crippen molar-refractivity contribution < 1.29 is 14.3 Å². The van der Waals surface area contributed by atoms with Gasteiger partial charge in [0, 0.05) is 12.3 Å². The first-order chi connectivity index (χ1) is 9.10. The van der Waals surface area contributed by atoms with Gasteiger partial charge in [0.15, 0.2) is 5.84 Å². The van der Waals surface area contributed by atoms with Crippen molar-refractivity contribution in [2.24, 2.45) is 10.9 Å². The van der Waals surface area contributed by atoms with Gasteiger partial charge in [-0.25, -0.2) is 4.39 Å². The summed E-state index contributed by atoms with van der Waals surface area (Å²) in [4.78, 5) is 3.92. The molecule has 0 bridgehead atoms. The Morgan fingerprint density at radius 1 is 1.37 bits per heavy atom. The summed E-state index contributed by atoms with van der Waals surface area (Å²) >= 11 is 3.20. The SMILES string of the molecule is NC(=NO)c1cc(Oc2ccc(F)cc2Br)ccn1. The topological polar surface area (TPSA) is 80.7 Å². The van der Waals surface area contributed by atoms with E-state index in [-0.39, 0.29) is 17.3 Å². The molecule has 5 nitrogen and oxygen atoms in total. The van der Waals surface area contributed by atoms with Gasteiger partial charge in [-0.2, -0.15) is 0 Å². The molecule has 0 radical (unpaired) electrons. The van der Waals surface area contributed by atoms with Crippen molar-refractivity contribution in [3.05, 3.63) is 52.5 Å². The maximum atomic E-state index is 12.9. The lowest BCUT2D eigenvalue weighted by atomic mass is 10.3. The molecular weight excluding hydrogens is 317 g/mol. The summed E-state index contributed by atoms with van der Waals surface area (Å²) in [6.45, 7) is 0. The van der Waals surface area contributed by atoms with Crippen LogP contribution in [0.2, 0.25) is 0 Å². The molecule has 2 aromatic rings. The number of benzene rings is 1. The fraction of sp³-hybridized carbons (Fsp3) is 0. The lowest BCUT2D eigenvalue weighted by Crippen LogP contribution is -2.14. The molecule has 1 heterocycles. The van der Waals surface area contributed by atoms with E-state index in [0.29, 0.717) is 16.0 Å². The molecular formula is C12H9BrFN3O2. The van der Waals surface area contributed by atoms with Crippen LogP contribution in [-0.4, -0.2) is 16.0 Å². The number of nitrogens with two attached hydrogens (primary N) is 1. The Morgan fingerprint density at radius 2 is 2.16 bits per heavy atom. The van der Waals surface area contributed by atoms with E-state index < -0.39 is 0 Å². The van der Waals surface area contributed by atoms with Crippen LogP contribution in [0, 0.1) is 5.82 Å². The van der Waals surface area contributed by atoms with Crippen molar-refractivity contribution in [1.29, 1.82) is 0 Å². The lowest BCUT2D eigenvalue weighted by Gasteiger charge is -2.08. The number of hydrogen-bond donors (Lipinski definition) is 2. The van der Waals surface area contributed by atoms with Crippen molar-refractivity contribution in [2.75, 3.05) is 0 Å². The van der Waals surface area contributed by atoms with Gasteiger partial charge in [0.1, 0.15) is 23.0 Å². The molecule has 0 amide bonds. The molecule has 7 heteroatoms. The summed E-state index contributed by atoms with van der Waals surface area (Å²) < 4.78 is 19.0. The summed E-state index contributed by atoms with van der Waals surface area (Å²) in [6.07, 6.45) is 1.46. The molecule has 0 atom stereocenters. The third-order valence-corrected chi connectivity index (χ3v) is 2.84. The van der Waals surface area contributed by atoms with Crippen molar-refractivity contribution in [3.63, 3.8) is 0 Å². The van der Waals surface area contributed by atoms with Crippen LogP contribution in [0.4, 0.5) is 4.39 Å². The highest BCUT2D eigenvalue weighted by Crippen LogP contribution is 2.30. The fourth-order valence-electron chi connectivity index (χ4n) is 1.35. The zero-order valence-corrected chi connectivity index (χ0v) is 11.1. The highest BCUT2D eigenvalue weighted by atomic mass is 79.9. The van der Waals surface area contributed by atoms with E-state index in [4.69, 9.17) is 15.7 Å². The fourth-order valence-corrected chi connectivity index (χ4v) is 1.78. The average molecular weight is 326 g/mol. The molecule has 0 aliphatic heterocycles. The maximum Gasteiger partial charge on any atom is 0.188 e. The van der Waals surface area contributed by atoms with E-state index in [1.54, 1.807) is 6.07 Å². The van der Waals surface area contributed by atoms with E-state index in [0.717, 1.165) is 0 Å². The Hall–Kier alpha value is -2.15. The Kier molecular flexibility index (Phi) is 3.96. The molecule has 0 aliphatic rings. The molecule has 0 unspecified atom stereocenters. The first kappa shape index (κ1) is 13.3. The summed E-state index contributed by atoms with van der Waals surface area (Å²) in [5.41, 5.74) is 5.71. The van der Waals surface area contributed by atoms with E-state index in [9.17, 15) is 4.39 Å². The largest absolute Gasteiger partial charge is 0.456 e. The summed E-state index contributed by atoms with van der Waals surface area (Å²) in [5.74, 6) is 0.386. The normalized spacial score (nSPS) is 11.4. The predicted molar refractivity (Wildman–Crippen MR) is 70.9 cm³/mol. The smallest absolute Gasteiger partial charge is 0.188 e. The Labute approximate surface area is 116 Å². The second kappa shape index (κ2) is 5.66. The van der Waals surface area contributed by atoms with E-state index in [1.807, 2.05) is 0 Å². The summed E-state index contributed by atoms with van der Waals surface area (Å²) in [6, 6.07) is 7.17. The first-order valence-electron chi connectivity index (χ1n) is 5.17. The maximum absolute atomic E-state index is 12.9. The number of oxime groups is 1. The number of ether oxygens (including phenoxy) is 1. The zero-order valence-electron chi connectivity index (χ0n) is 9.55. The van der Waals surface area contributed by atoms with Crippen molar-refractivity contribution in [1.82, 2.24) is 4.98 Å². The number of rotatable bonds is 3. The predicted octanol–water partition coefficient (Wildman–Crippen LogP) is 2.87. The quantitative estimate of drug-likeness (QED) is 0.393. The minimum absolute atomic E-state index is 0.122. The van der Waals surface area contributed by atoms with Gasteiger partial charge in [0.2, 0.25) is 0 Å². The van der Waals surface area contributed by atoms with Crippen LogP contribution >= 0.6 is 15.9 Å². The van der Waals surface area contributed by atoms with E-state index in [2.05, 4.69) is 26.1 Å². The average Bonchev–Trinajstić information content (AvgIpc) is 2.41. The van der Waals surface area contributed by atoms with Gasteiger partial charge in [-0.15, -0.1) is 0 Å². The number of nitrogens with zero attached hydrogens (tertiary/aromatic N) is 2. The van der Waals surface area contributed by atoms with Gasteiger partial charge in [-0.1, -0.05) is 5.16 Å². The molecule has 0 fully saturated rings. The minimum Gasteiger partial charge on any atom is -0.456 e. The molecule has 1 aromatic heterocycles. The van der Waals surface area contributed by atoms with Gasteiger partial charge in [0.25, 0.3) is 0 Å². The molecule has 98 valence electrons. The molecule has 3 N–H and O–H groups in total. The van der Waals surface area contributed by atoms with Crippen molar-refractivity contribution >= 4 is 21.8 Å². The third-order valence-electron chi connectivity index (χ3n) is 2.22. The highest BCUT2D eigenvalue weighted by Gasteiger charge is 2.07. The Morgan fingerprint density at radius 3 is 2.84 bits per heavy atom. The first-order valence-corrected chi connectivity index (χ1v) is 5.96. The molecule has 1 aromatic carbocycles. The van der Waals surface area contributed by atoms with E-state index >= 15 is 0 Å². The second-order valence-electron chi connectivity index (χ2n) is 3.54. The summed E-state index contributed by atoms with van der Waals surface area (Å²) in [5, 5.41) is 11.4. The molecule has 0 spiro atoms. The monoisotopic (exact) mass is 325 g/mol. The Bertz CT molecular complexity index is 634. The Balaban J connectivity index is 2.28. The lowest BCUT2D eigenvalue weighted by molar-refractivity contribution is 0.318. The summed E-state index contributed by atoms with van der Waals surface area (Å²) in [7, 11) is 0. The highest BCUT2D eigenvalue weighted by molar-refractivity contribution is 9.10. The zero-order chi connectivity index (χ0) is 13.8. The molecule has 2 rings (SSSR count). The van der Waals surface area contributed by atoms with Crippen molar-refractivity contribution in [2.45, 2.75) is 0 Å². The number of aromatic nitrogens is 1. The van der Waals surface area contributed by atoms with Gasteiger partial charge < -0.3 is 15.7 Å². The van der Waals surface area contributed by atoms with Crippen LogP contribution in [0.1, 0.15) is 5.69 Å². The molecule has 0 aliphatic carbocycles. The second-order valence-corrected chi connectivity index (χ2v) is 4.39. The van der Waals surface area contributed by atoms with Crippen LogP contribution in [0.25, 0.3) is 0 Å². The van der Waals surface area contributed by atoms with Crippen LogP contribution in [0.5, 0.6) is 11.5 Å². The van der Waals surface area contributed by atoms with Crippen LogP contribution in [-0.2, 0) is 0 Å². The van der Waals surface area contributed by atoms with Crippen LogP contribution < -0.4 is 10.5 Å². The number of pyridine rings is 1. The standard InChI is InChI=1S/C12H9BrFN3O2/c13-9-5-7(14)1-2-11(9)19-8-3-4-16-10(6-8)12(15)17-18/h1-6,18H,(H2,15,17). The number of halogens is 2. The van der Waals surface area contributed by atoms with Crippen molar-refractivity contribution in [3.8, 4) is 11.5 Å². The molecule has 19 heavy (non-hydrogen) atoms. The van der Waals surface area contributed by atoms with Crippen LogP contribution in [0.15, 0.2) is 46.2 Å². The van der Waals surface area contributed by atoms with E-state index in [1.165, 1.54) is 30.5 Å². The third kappa shape index (κ3) is 3.19.